The van der Waals surface area contributed by atoms with Crippen LogP contribution in [0.25, 0.3) is 0 Å². The smallest absolute Gasteiger partial charge is 0.224 e. The average Bonchev–Trinajstić information content (AvgIpc) is 2.15. The van der Waals surface area contributed by atoms with E-state index in [2.05, 4.69) is 5.32 Å². The summed E-state index contributed by atoms with van der Waals surface area (Å²) in [5, 5.41) is 2.90. The van der Waals surface area contributed by atoms with Gasteiger partial charge >= 0.3 is 0 Å². The zero-order valence-corrected chi connectivity index (χ0v) is 10.2. The summed E-state index contributed by atoms with van der Waals surface area (Å²) in [6.07, 6.45) is 0. The van der Waals surface area contributed by atoms with Crippen LogP contribution in [0.5, 0.6) is 0 Å². The predicted molar refractivity (Wildman–Crippen MR) is 61.5 cm³/mol. The Kier molecular flexibility index (Phi) is 7.34. The number of rotatable bonds is 7. The third-order valence-electron chi connectivity index (χ3n) is 2.36. The van der Waals surface area contributed by atoms with Crippen molar-refractivity contribution in [1.82, 2.24) is 5.32 Å². The molecule has 2 unspecified atom stereocenters. The summed E-state index contributed by atoms with van der Waals surface area (Å²) in [4.78, 5) is 11.7. The Balaban J connectivity index is 3.98. The van der Waals surface area contributed by atoms with Crippen molar-refractivity contribution in [3.05, 3.63) is 0 Å². The summed E-state index contributed by atoms with van der Waals surface area (Å²) in [6.45, 7) is 9.49. The van der Waals surface area contributed by atoms with Crippen molar-refractivity contribution in [2.75, 3.05) is 19.8 Å². The van der Waals surface area contributed by atoms with Crippen LogP contribution in [0.15, 0.2) is 0 Å². The topological polar surface area (TPSA) is 64.3 Å². The minimum absolute atomic E-state index is 0.0275. The number of nitrogens with one attached hydrogen (secondary N) is 1. The molecule has 15 heavy (non-hydrogen) atoms. The van der Waals surface area contributed by atoms with Crippen LogP contribution in [0, 0.1) is 11.8 Å². The van der Waals surface area contributed by atoms with Crippen LogP contribution in [0.2, 0.25) is 0 Å². The summed E-state index contributed by atoms with van der Waals surface area (Å²) >= 11 is 0. The van der Waals surface area contributed by atoms with E-state index in [9.17, 15) is 4.79 Å². The predicted octanol–water partition coefficient (Wildman–Crippen LogP) is 0.759. The molecule has 0 aliphatic heterocycles. The molecule has 0 saturated heterocycles. The Morgan fingerprint density at radius 1 is 1.40 bits per heavy atom. The van der Waals surface area contributed by atoms with Crippen molar-refractivity contribution in [1.29, 1.82) is 0 Å². The van der Waals surface area contributed by atoms with E-state index in [1.807, 2.05) is 27.7 Å². The van der Waals surface area contributed by atoms with E-state index < -0.39 is 0 Å². The van der Waals surface area contributed by atoms with Crippen LogP contribution in [0.3, 0.4) is 0 Å². The van der Waals surface area contributed by atoms with Crippen LogP contribution in [0.4, 0.5) is 0 Å². The van der Waals surface area contributed by atoms with E-state index in [-0.39, 0.29) is 23.8 Å². The molecule has 4 nitrogen and oxygen atoms in total. The maximum atomic E-state index is 11.7. The Bertz CT molecular complexity index is 183. The molecule has 1 amide bonds. The number of amides is 1. The summed E-state index contributed by atoms with van der Waals surface area (Å²) < 4.78 is 5.22. The Morgan fingerprint density at radius 3 is 2.40 bits per heavy atom. The quantitative estimate of drug-likeness (QED) is 0.660. The highest BCUT2D eigenvalue weighted by atomic mass is 16.5. The van der Waals surface area contributed by atoms with E-state index >= 15 is 0 Å². The maximum Gasteiger partial charge on any atom is 0.224 e. The second-order valence-corrected chi connectivity index (χ2v) is 4.16. The fraction of sp³-hybridized carbons (Fsp3) is 0.909. The van der Waals surface area contributed by atoms with Crippen LogP contribution >= 0.6 is 0 Å². The van der Waals surface area contributed by atoms with E-state index in [0.717, 1.165) is 0 Å². The number of nitrogens with two attached hydrogens (primary N) is 1. The lowest BCUT2D eigenvalue weighted by Crippen LogP contribution is -2.43. The zero-order valence-electron chi connectivity index (χ0n) is 10.2. The van der Waals surface area contributed by atoms with Gasteiger partial charge in [0.1, 0.15) is 0 Å². The second-order valence-electron chi connectivity index (χ2n) is 4.16. The summed E-state index contributed by atoms with van der Waals surface area (Å²) in [7, 11) is 0. The number of carbonyl (C=O) groups is 1. The Labute approximate surface area is 92.6 Å². The largest absolute Gasteiger partial charge is 0.380 e. The van der Waals surface area contributed by atoms with Gasteiger partial charge in [0.15, 0.2) is 0 Å². The van der Waals surface area contributed by atoms with Gasteiger partial charge in [-0.2, -0.15) is 0 Å². The first-order valence-electron chi connectivity index (χ1n) is 5.61. The molecule has 0 bridgehead atoms. The van der Waals surface area contributed by atoms with Crippen molar-refractivity contribution in [2.45, 2.75) is 33.7 Å². The zero-order chi connectivity index (χ0) is 11.8. The Hall–Kier alpha value is -0.610. The first-order chi connectivity index (χ1) is 7.02. The molecule has 0 rings (SSSR count). The molecular formula is C11H24N2O2. The third kappa shape index (κ3) is 5.74. The molecule has 0 aliphatic rings. The number of ether oxygens (including phenoxy) is 1. The molecule has 0 fully saturated rings. The third-order valence-corrected chi connectivity index (χ3v) is 2.36. The van der Waals surface area contributed by atoms with Gasteiger partial charge in [-0.15, -0.1) is 0 Å². The van der Waals surface area contributed by atoms with Gasteiger partial charge in [0.05, 0.1) is 12.5 Å². The Morgan fingerprint density at radius 2 is 2.00 bits per heavy atom. The molecule has 0 aromatic carbocycles. The lowest BCUT2D eigenvalue weighted by atomic mass is 9.95. The lowest BCUT2D eigenvalue weighted by Gasteiger charge is -2.21. The molecule has 0 aromatic rings. The summed E-state index contributed by atoms with van der Waals surface area (Å²) in [6, 6.07) is 0.0465. The SMILES string of the molecule is CCOCC(C)NC(=O)C(CN)C(C)C. The van der Waals surface area contributed by atoms with Gasteiger partial charge in [-0.25, -0.2) is 0 Å². The monoisotopic (exact) mass is 216 g/mol. The molecule has 4 heteroatoms. The molecule has 3 N–H and O–H groups in total. The summed E-state index contributed by atoms with van der Waals surface area (Å²) in [5.41, 5.74) is 5.56. The molecule has 0 radical (unpaired) electrons. The molecule has 0 saturated carbocycles. The second kappa shape index (κ2) is 7.65. The fourth-order valence-corrected chi connectivity index (χ4v) is 1.37. The minimum atomic E-state index is -0.103. The van der Waals surface area contributed by atoms with Gasteiger partial charge in [0, 0.05) is 19.2 Å². The van der Waals surface area contributed by atoms with Gasteiger partial charge in [-0.05, 0) is 19.8 Å². The van der Waals surface area contributed by atoms with Gasteiger partial charge < -0.3 is 15.8 Å². The first kappa shape index (κ1) is 14.4. The van der Waals surface area contributed by atoms with Crippen molar-refractivity contribution < 1.29 is 9.53 Å². The highest BCUT2D eigenvalue weighted by Crippen LogP contribution is 2.09. The van der Waals surface area contributed by atoms with Crippen molar-refractivity contribution in [2.24, 2.45) is 17.6 Å². The highest BCUT2D eigenvalue weighted by Gasteiger charge is 2.21. The molecule has 0 aliphatic carbocycles. The van der Waals surface area contributed by atoms with Crippen molar-refractivity contribution in [3.63, 3.8) is 0 Å². The molecule has 0 aromatic heterocycles. The van der Waals surface area contributed by atoms with Crippen LogP contribution in [-0.2, 0) is 9.53 Å². The molecule has 0 spiro atoms. The average molecular weight is 216 g/mol. The normalized spacial score (nSPS) is 15.1. The van der Waals surface area contributed by atoms with Crippen molar-refractivity contribution in [3.8, 4) is 0 Å². The molecule has 2 atom stereocenters. The molecule has 0 heterocycles. The number of carbonyl (C=O) groups excluding carboxylic acids is 1. The summed E-state index contributed by atoms with van der Waals surface area (Å²) in [5.74, 6) is 0.197. The van der Waals surface area contributed by atoms with Gasteiger partial charge in [-0.3, -0.25) is 4.79 Å². The maximum absolute atomic E-state index is 11.7. The van der Waals surface area contributed by atoms with Gasteiger partial charge in [0.25, 0.3) is 0 Å². The van der Waals surface area contributed by atoms with Crippen LogP contribution < -0.4 is 11.1 Å². The number of hydrogen-bond donors (Lipinski definition) is 2. The van der Waals surface area contributed by atoms with E-state index in [4.69, 9.17) is 10.5 Å². The number of hydrogen-bond acceptors (Lipinski definition) is 3. The van der Waals surface area contributed by atoms with E-state index in [1.165, 1.54) is 0 Å². The molecule has 90 valence electrons. The van der Waals surface area contributed by atoms with Crippen LogP contribution in [0.1, 0.15) is 27.7 Å². The van der Waals surface area contributed by atoms with E-state index in [0.29, 0.717) is 19.8 Å². The van der Waals surface area contributed by atoms with E-state index in [1.54, 1.807) is 0 Å². The van der Waals surface area contributed by atoms with Crippen LogP contribution in [-0.4, -0.2) is 31.7 Å². The van der Waals surface area contributed by atoms with Gasteiger partial charge in [0.2, 0.25) is 5.91 Å². The highest BCUT2D eigenvalue weighted by molar-refractivity contribution is 5.79. The van der Waals surface area contributed by atoms with Gasteiger partial charge in [-0.1, -0.05) is 13.8 Å². The fourth-order valence-electron chi connectivity index (χ4n) is 1.37. The molecular weight excluding hydrogens is 192 g/mol. The first-order valence-corrected chi connectivity index (χ1v) is 5.61. The minimum Gasteiger partial charge on any atom is -0.380 e. The standard InChI is InChI=1S/C11H24N2O2/c1-5-15-7-9(4)13-11(14)10(6-12)8(2)3/h8-10H,5-7,12H2,1-4H3,(H,13,14). The lowest BCUT2D eigenvalue weighted by molar-refractivity contribution is -0.127. The van der Waals surface area contributed by atoms with Crippen molar-refractivity contribution >= 4 is 5.91 Å².